The number of unbranched alkanes of at least 4 members (excludes halogenated alkanes) is 12. The van der Waals surface area contributed by atoms with Gasteiger partial charge < -0.3 is 168 Å². The molecule has 1 aliphatic carbocycles. The van der Waals surface area contributed by atoms with E-state index in [-0.39, 0.29) is 63.1 Å². The predicted molar refractivity (Wildman–Crippen MR) is 513 cm³/mol. The van der Waals surface area contributed by atoms with Gasteiger partial charge in [0.1, 0.15) is 144 Å². The van der Waals surface area contributed by atoms with Crippen LogP contribution in [0.15, 0.2) is 115 Å². The number of benzene rings is 7. The summed E-state index contributed by atoms with van der Waals surface area (Å²) in [5, 5.41) is 187. The van der Waals surface area contributed by atoms with Crippen LogP contribution in [0.1, 0.15) is 217 Å². The number of halogens is 2. The minimum Gasteiger partial charge on any atom is -0.508 e. The van der Waals surface area contributed by atoms with Gasteiger partial charge in [-0.3, -0.25) is 38.4 Å². The maximum Gasteiger partial charge on any atom is 0.330 e. The number of nitrogens with two attached hydrogens (primary N) is 1. The molecule has 0 radical (unpaired) electrons. The van der Waals surface area contributed by atoms with Crippen molar-refractivity contribution in [1.29, 1.82) is 0 Å². The Balaban J connectivity index is 0.964. The van der Waals surface area contributed by atoms with Gasteiger partial charge in [0.25, 0.3) is 0 Å². The first-order valence-electron chi connectivity index (χ1n) is 48.6. The van der Waals surface area contributed by atoms with Gasteiger partial charge in [-0.15, -0.1) is 0 Å². The number of hydrogen-bond donors (Lipinski definition) is 24. The van der Waals surface area contributed by atoms with Crippen molar-refractivity contribution < 1.29 is 157 Å². The lowest BCUT2D eigenvalue weighted by Gasteiger charge is -2.44. The van der Waals surface area contributed by atoms with E-state index in [4.69, 9.17) is 71.6 Å². The van der Waals surface area contributed by atoms with E-state index in [1.54, 1.807) is 0 Å². The van der Waals surface area contributed by atoms with Gasteiger partial charge in [0.05, 0.1) is 23.3 Å². The van der Waals surface area contributed by atoms with E-state index in [2.05, 4.69) is 68.6 Å². The highest BCUT2D eigenvalue weighted by Crippen LogP contribution is 2.56. The van der Waals surface area contributed by atoms with E-state index >= 15 is 24.0 Å². The maximum absolute atomic E-state index is 17.3. The number of ether oxygens (including phenoxy) is 9. The van der Waals surface area contributed by atoms with Crippen LogP contribution >= 0.6 is 23.2 Å². The Morgan fingerprint density at radius 3 is 1.73 bits per heavy atom. The summed E-state index contributed by atoms with van der Waals surface area (Å²) in [4.78, 5) is 140. The summed E-state index contributed by atoms with van der Waals surface area (Å²) < 4.78 is 59.0. The summed E-state index contributed by atoms with van der Waals surface area (Å²) in [5.74, 6) is -19.8. The number of carboxylic acids is 1. The lowest BCUT2D eigenvalue weighted by molar-refractivity contribution is -0.355. The molecule has 42 nitrogen and oxygen atoms in total. The molecule has 24 atom stereocenters. The number of aliphatic hydroxyl groups excluding tert-OH is 9. The average molecular weight is 2060 g/mol. The van der Waals surface area contributed by atoms with E-state index in [9.17, 15) is 90.7 Å². The van der Waals surface area contributed by atoms with Crippen molar-refractivity contribution in [2.75, 3.05) is 26.3 Å². The molecule has 3 saturated heterocycles. The van der Waals surface area contributed by atoms with Gasteiger partial charge in [-0.05, 0) is 154 Å². The second-order valence-corrected chi connectivity index (χ2v) is 38.9. The van der Waals surface area contributed by atoms with Crippen LogP contribution in [0, 0.1) is 5.92 Å². The number of amides is 8. The first kappa shape index (κ1) is 108. The van der Waals surface area contributed by atoms with Crippen molar-refractivity contribution in [1.82, 2.24) is 47.9 Å². The van der Waals surface area contributed by atoms with Crippen molar-refractivity contribution in [3.05, 3.63) is 175 Å². The van der Waals surface area contributed by atoms with E-state index < -0.39 is 298 Å². The third-order valence-electron chi connectivity index (χ3n) is 27.1. The Morgan fingerprint density at radius 2 is 1.08 bits per heavy atom. The molecule has 1 unspecified atom stereocenters. The molecule has 44 heteroatoms. The first-order chi connectivity index (χ1) is 69.3. The number of fused-ring (bicyclic) bond motifs is 11. The summed E-state index contributed by atoms with van der Waals surface area (Å²) in [6, 6.07) is 2.26. The Hall–Kier alpha value is -11.7. The van der Waals surface area contributed by atoms with Crippen LogP contribution in [0.5, 0.6) is 57.5 Å². The van der Waals surface area contributed by atoms with Crippen molar-refractivity contribution in [2.24, 2.45) is 11.7 Å². The van der Waals surface area contributed by atoms with Crippen molar-refractivity contribution in [2.45, 2.75) is 283 Å². The minimum absolute atomic E-state index is 0.0415. The zero-order valence-electron chi connectivity index (χ0n) is 79.6. The van der Waals surface area contributed by atoms with Crippen LogP contribution in [-0.4, -0.2) is 255 Å². The Labute approximate surface area is 842 Å². The molecule has 17 rings (SSSR count). The Bertz CT molecular complexity index is 5930. The molecule has 0 aromatic heterocycles. The van der Waals surface area contributed by atoms with Crippen LogP contribution in [0.3, 0.4) is 0 Å². The maximum atomic E-state index is 17.3. The number of phenols is 3. The third-order valence-corrected chi connectivity index (χ3v) is 27.7. The van der Waals surface area contributed by atoms with E-state index in [1.807, 2.05) is 0 Å². The number of carboxylic acid groups (broad SMARTS) is 1. The third kappa shape index (κ3) is 24.2. The van der Waals surface area contributed by atoms with E-state index in [0.29, 0.717) is 31.7 Å². The SMILES string of the molecule is CCCCCCCCCCCCNC[C@H]1O[C@@H](Oc2c3cc4cc2Oc2ccc(cc2Cl)[C@@H](O[C@@H]2O[C@H](CO)[C@@H](O)[C@H](O)[C@H]2NC(C)=O)[C@@H]2NC(=O)[C@H](NC(=O)[C@@H]4NC(=O)[C@H]4NC(=O)[C@@H](Cc5ccc(c(Cl)c5)O3)NC(=O)[C@H](N)c3ccc(O)c(c3)Oc3cc(O)cc4c3)c3ccc4c(c3)-c3c(cc(O)cc3C4(O)O[C@H]3O[C@H](CO)[C@@H](O)[C@H](O)[C@@H]3O)[C@@H](C(=O)O)NC2=O)[C@H](NC(=O)CCCCCCC(C)C)[C@@H](O)[C@@H]1O. The average Bonchev–Trinajstić information content (AvgIpc) is 1.55. The van der Waals surface area contributed by atoms with E-state index in [1.165, 1.54) is 49.2 Å². The molecule has 782 valence electrons. The number of carbonyl (C=O) groups is 9. The smallest absolute Gasteiger partial charge is 0.330 e. The molecule has 0 spiro atoms. The van der Waals surface area contributed by atoms with Crippen molar-refractivity contribution in [3.8, 4) is 68.6 Å². The number of rotatable bonds is 31. The number of carbonyl (C=O) groups excluding carboxylic acids is 8. The van der Waals surface area contributed by atoms with Crippen molar-refractivity contribution >= 4 is 76.4 Å². The van der Waals surface area contributed by atoms with Gasteiger partial charge in [0.2, 0.25) is 65.1 Å². The molecule has 0 saturated carbocycles. The summed E-state index contributed by atoms with van der Waals surface area (Å²) in [6.07, 6.45) is -14.5. The molecule has 7 aromatic carbocycles. The molecule has 17 bridgehead atoms. The van der Waals surface area contributed by atoms with Gasteiger partial charge in [-0.2, -0.15) is 0 Å². The monoisotopic (exact) mass is 2060 g/mol. The number of aromatic hydroxyl groups is 3. The summed E-state index contributed by atoms with van der Waals surface area (Å²) in [6.45, 7) is 5.52. The van der Waals surface area contributed by atoms with Crippen LogP contribution < -0.4 is 72.5 Å². The van der Waals surface area contributed by atoms with Gasteiger partial charge >= 0.3 is 5.97 Å². The Morgan fingerprint density at radius 1 is 0.517 bits per heavy atom. The molecule has 3 fully saturated rings. The quantitative estimate of drug-likeness (QED) is 0.0201. The molecule has 9 heterocycles. The topological polar surface area (TPSA) is 654 Å². The van der Waals surface area contributed by atoms with Gasteiger partial charge in [0.15, 0.2) is 41.6 Å². The van der Waals surface area contributed by atoms with Crippen LogP contribution in [-0.2, 0) is 79.0 Å². The van der Waals surface area contributed by atoms with Crippen molar-refractivity contribution in [3.63, 3.8) is 0 Å². The molecule has 9 aliphatic heterocycles. The number of nitrogens with one attached hydrogen (secondary N) is 9. The first-order valence-corrected chi connectivity index (χ1v) is 49.3. The fraction of sp³-hybridized carbons (Fsp3) is 0.495. The fourth-order valence-corrected chi connectivity index (χ4v) is 19.8. The standard InChI is InChI=1S/C101H122Cl2N10O32/c1-5-6-7-8-9-10-11-12-15-18-29-105-42-69-82(121)86(125)80(108-72(120)20-17-14-13-16-19-45(2)3)99(140-69)144-90-67-37-52-38-68(90)139-65-28-24-50(35-61(65)103)89(143-98-79(106-46(4)116)85(124)83(122)70(43-114)141-98)81-96(133)112-78(97(134)135)57-40-54(118)41-59-73(57)56-34-49(22-25-58(56)101(59,136)145-100-88(127)87(126)84(123)71(44-115)142-100)75(93(130)113-81)110-95(132)77(52)111-94(131)76-51-32-53(117)39-55(33-51)137-66-36-48(23-26-63(66)119)74(104)92(129)107-62(91(128)109-76)31-47-21-27-64(138-67)60(102)30-47/h21-28,30,32-41,45,62,69-71,74-89,98-100,105,114-115,117-119,121-127,136H,5-20,29,31,42-44,104H2,1-4H3,(H,106,116)(H,107,129)(H,108,120)(H,109,128)(H,110,132)(H,111,131)(H,112,133)(H,113,130)(H,134,135)/t62-,69-,70-,71-,74-,75-,76+,77-,78+,79-,80-,81+,82-,83-,84-,85-,86-,87+,88+,89-,98+,99+,100-,101?/m1/s1. The molecule has 145 heavy (non-hydrogen) atoms. The highest BCUT2D eigenvalue weighted by atomic mass is 35.5. The van der Waals surface area contributed by atoms with Gasteiger partial charge in [-0.25, -0.2) is 4.79 Å². The zero-order valence-corrected chi connectivity index (χ0v) is 81.1. The lowest BCUT2D eigenvalue weighted by atomic mass is 9.90. The van der Waals surface area contributed by atoms with E-state index in [0.717, 1.165) is 150 Å². The van der Waals surface area contributed by atoms with Crippen LogP contribution in [0.25, 0.3) is 11.1 Å². The molecule has 10 aliphatic rings. The molecular formula is C101H122Cl2N10O32. The summed E-state index contributed by atoms with van der Waals surface area (Å²) >= 11 is 15.0. The highest BCUT2D eigenvalue weighted by Gasteiger charge is 2.56. The predicted octanol–water partition coefficient (Wildman–Crippen LogP) is 4.98. The number of aliphatic hydroxyl groups is 10. The summed E-state index contributed by atoms with van der Waals surface area (Å²) in [5.41, 5.74) is 2.65. The lowest BCUT2D eigenvalue weighted by Crippen LogP contribution is -2.66. The molecular weight excluding hydrogens is 1940 g/mol. The number of hydrogen-bond acceptors (Lipinski definition) is 33. The van der Waals surface area contributed by atoms with Gasteiger partial charge in [-0.1, -0.05) is 158 Å². The molecule has 7 aromatic rings. The summed E-state index contributed by atoms with van der Waals surface area (Å²) in [7, 11) is 0. The largest absolute Gasteiger partial charge is 0.508 e. The van der Waals surface area contributed by atoms with Crippen LogP contribution in [0.2, 0.25) is 10.0 Å². The Kier molecular flexibility index (Phi) is 34.8. The fourth-order valence-electron chi connectivity index (χ4n) is 19.3. The number of aliphatic carboxylic acids is 1. The van der Waals surface area contributed by atoms with Crippen LogP contribution in [0.4, 0.5) is 0 Å². The zero-order chi connectivity index (χ0) is 104. The second kappa shape index (κ2) is 47.0. The highest BCUT2D eigenvalue weighted by molar-refractivity contribution is 6.32. The molecule has 8 amide bonds. The number of phenolic OH excluding ortho intramolecular Hbond substituents is 3. The normalized spacial score (nSPS) is 28.7. The minimum atomic E-state index is -3.17. The second-order valence-electron chi connectivity index (χ2n) is 38.1. The molecule has 25 N–H and O–H groups in total. The van der Waals surface area contributed by atoms with Gasteiger partial charge in [0, 0.05) is 43.5 Å².